The first kappa shape index (κ1) is 13.9. The minimum Gasteiger partial charge on any atom is -0.383 e. The van der Waals surface area contributed by atoms with Crippen LogP contribution in [0.5, 0.6) is 0 Å². The van der Waals surface area contributed by atoms with Gasteiger partial charge in [0.05, 0.1) is 12.7 Å². The highest BCUT2D eigenvalue weighted by atomic mass is 16.5. The maximum absolute atomic E-state index is 5.71. The van der Waals surface area contributed by atoms with Gasteiger partial charge in [-0.3, -0.25) is 0 Å². The van der Waals surface area contributed by atoms with Crippen LogP contribution in [-0.4, -0.2) is 39.0 Å². The average molecular weight is 229 g/mol. The summed E-state index contributed by atoms with van der Waals surface area (Å²) in [5.41, 5.74) is 0. The molecule has 16 heavy (non-hydrogen) atoms. The Bertz CT molecular complexity index is 158. The SMILES string of the molecule is CCCCC(COC)NCC1CCCCO1. The molecule has 1 N–H and O–H groups in total. The molecule has 1 aliphatic rings. The summed E-state index contributed by atoms with van der Waals surface area (Å²) in [6, 6.07) is 0.496. The zero-order valence-corrected chi connectivity index (χ0v) is 10.8. The Balaban J connectivity index is 2.14. The van der Waals surface area contributed by atoms with E-state index in [0.29, 0.717) is 12.1 Å². The highest BCUT2D eigenvalue weighted by molar-refractivity contribution is 4.72. The summed E-state index contributed by atoms with van der Waals surface area (Å²) in [5, 5.41) is 3.58. The van der Waals surface area contributed by atoms with Gasteiger partial charge in [0.15, 0.2) is 0 Å². The van der Waals surface area contributed by atoms with Crippen molar-refractivity contribution >= 4 is 0 Å². The lowest BCUT2D eigenvalue weighted by atomic mass is 10.1. The van der Waals surface area contributed by atoms with Crippen molar-refractivity contribution in [1.29, 1.82) is 0 Å². The summed E-state index contributed by atoms with van der Waals surface area (Å²) in [5.74, 6) is 0. The summed E-state index contributed by atoms with van der Waals surface area (Å²) < 4.78 is 10.9. The van der Waals surface area contributed by atoms with E-state index in [1.807, 2.05) is 0 Å². The summed E-state index contributed by atoms with van der Waals surface area (Å²) >= 11 is 0. The standard InChI is InChI=1S/C13H27NO2/c1-3-4-7-12(11-15-2)14-10-13-8-5-6-9-16-13/h12-14H,3-11H2,1-2H3. The van der Waals surface area contributed by atoms with Crippen LogP contribution in [0.1, 0.15) is 45.4 Å². The van der Waals surface area contributed by atoms with Crippen molar-refractivity contribution in [2.45, 2.75) is 57.6 Å². The second kappa shape index (κ2) is 8.97. The van der Waals surface area contributed by atoms with Crippen molar-refractivity contribution < 1.29 is 9.47 Å². The predicted octanol–water partition coefficient (Wildman–Crippen LogP) is 2.35. The van der Waals surface area contributed by atoms with Crippen LogP contribution in [-0.2, 0) is 9.47 Å². The van der Waals surface area contributed by atoms with E-state index in [4.69, 9.17) is 9.47 Å². The number of unbranched alkanes of at least 4 members (excludes halogenated alkanes) is 1. The summed E-state index contributed by atoms with van der Waals surface area (Å²) in [6.45, 7) is 4.97. The largest absolute Gasteiger partial charge is 0.383 e. The van der Waals surface area contributed by atoms with Crippen LogP contribution >= 0.6 is 0 Å². The molecule has 0 bridgehead atoms. The van der Waals surface area contributed by atoms with Gasteiger partial charge in [0.2, 0.25) is 0 Å². The normalized spacial score (nSPS) is 23.2. The molecule has 0 aliphatic carbocycles. The minimum absolute atomic E-state index is 0.426. The topological polar surface area (TPSA) is 30.5 Å². The van der Waals surface area contributed by atoms with Crippen LogP contribution in [0.3, 0.4) is 0 Å². The van der Waals surface area contributed by atoms with Crippen LogP contribution < -0.4 is 5.32 Å². The van der Waals surface area contributed by atoms with Crippen molar-refractivity contribution in [3.63, 3.8) is 0 Å². The van der Waals surface area contributed by atoms with Crippen LogP contribution in [0.15, 0.2) is 0 Å². The molecule has 0 radical (unpaired) electrons. The third kappa shape index (κ3) is 5.83. The van der Waals surface area contributed by atoms with Crippen molar-refractivity contribution in [3.05, 3.63) is 0 Å². The van der Waals surface area contributed by atoms with E-state index < -0.39 is 0 Å². The first-order valence-corrected chi connectivity index (χ1v) is 6.70. The van der Waals surface area contributed by atoms with Gasteiger partial charge in [-0.25, -0.2) is 0 Å². The second-order valence-corrected chi connectivity index (χ2v) is 4.69. The van der Waals surface area contributed by atoms with E-state index in [9.17, 15) is 0 Å². The fraction of sp³-hybridized carbons (Fsp3) is 1.00. The molecule has 0 aromatic heterocycles. The first-order valence-electron chi connectivity index (χ1n) is 6.70. The molecule has 0 aromatic carbocycles. The monoisotopic (exact) mass is 229 g/mol. The molecule has 1 fully saturated rings. The Morgan fingerprint density at radius 1 is 1.44 bits per heavy atom. The van der Waals surface area contributed by atoms with E-state index >= 15 is 0 Å². The Kier molecular flexibility index (Phi) is 7.81. The van der Waals surface area contributed by atoms with Gasteiger partial charge in [-0.15, -0.1) is 0 Å². The van der Waals surface area contributed by atoms with Crippen LogP contribution in [0.2, 0.25) is 0 Å². The first-order chi connectivity index (χ1) is 7.86. The molecule has 96 valence electrons. The lowest BCUT2D eigenvalue weighted by molar-refractivity contribution is 0.0132. The number of nitrogens with one attached hydrogen (secondary N) is 1. The number of hydrogen-bond acceptors (Lipinski definition) is 3. The lowest BCUT2D eigenvalue weighted by Crippen LogP contribution is -2.40. The summed E-state index contributed by atoms with van der Waals surface area (Å²) in [7, 11) is 1.78. The predicted molar refractivity (Wildman–Crippen MR) is 66.8 cm³/mol. The van der Waals surface area contributed by atoms with Crippen LogP contribution in [0.25, 0.3) is 0 Å². The maximum atomic E-state index is 5.71. The number of rotatable bonds is 8. The van der Waals surface area contributed by atoms with E-state index in [-0.39, 0.29) is 0 Å². The van der Waals surface area contributed by atoms with E-state index in [1.54, 1.807) is 7.11 Å². The van der Waals surface area contributed by atoms with Crippen LogP contribution in [0.4, 0.5) is 0 Å². The Morgan fingerprint density at radius 3 is 2.94 bits per heavy atom. The van der Waals surface area contributed by atoms with Gasteiger partial charge in [0.1, 0.15) is 0 Å². The van der Waals surface area contributed by atoms with Crippen LogP contribution in [0, 0.1) is 0 Å². The molecule has 0 aromatic rings. The van der Waals surface area contributed by atoms with E-state index in [2.05, 4.69) is 12.2 Å². The molecule has 0 saturated carbocycles. The van der Waals surface area contributed by atoms with Crippen molar-refractivity contribution in [2.75, 3.05) is 26.9 Å². The van der Waals surface area contributed by atoms with Crippen molar-refractivity contribution in [1.82, 2.24) is 5.32 Å². The highest BCUT2D eigenvalue weighted by Gasteiger charge is 2.15. The second-order valence-electron chi connectivity index (χ2n) is 4.69. The molecule has 1 heterocycles. The van der Waals surface area contributed by atoms with Gasteiger partial charge < -0.3 is 14.8 Å². The minimum atomic E-state index is 0.426. The number of ether oxygens (including phenoxy) is 2. The van der Waals surface area contributed by atoms with Gasteiger partial charge >= 0.3 is 0 Å². The Morgan fingerprint density at radius 2 is 2.31 bits per heavy atom. The van der Waals surface area contributed by atoms with Gasteiger partial charge in [-0.05, 0) is 25.7 Å². The molecule has 3 heteroatoms. The molecule has 1 rings (SSSR count). The zero-order valence-electron chi connectivity index (χ0n) is 10.8. The van der Waals surface area contributed by atoms with Gasteiger partial charge in [0, 0.05) is 26.3 Å². The molecule has 0 amide bonds. The molecule has 1 saturated heterocycles. The van der Waals surface area contributed by atoms with Gasteiger partial charge in [-0.2, -0.15) is 0 Å². The smallest absolute Gasteiger partial charge is 0.0699 e. The molecular formula is C13H27NO2. The summed E-state index contributed by atoms with van der Waals surface area (Å²) in [6.07, 6.45) is 7.91. The highest BCUT2D eigenvalue weighted by Crippen LogP contribution is 2.12. The van der Waals surface area contributed by atoms with Gasteiger partial charge in [0.25, 0.3) is 0 Å². The van der Waals surface area contributed by atoms with Gasteiger partial charge in [-0.1, -0.05) is 19.8 Å². The number of methoxy groups -OCH3 is 1. The average Bonchev–Trinajstić information content (AvgIpc) is 2.34. The van der Waals surface area contributed by atoms with Crippen molar-refractivity contribution in [3.8, 4) is 0 Å². The third-order valence-corrected chi connectivity index (χ3v) is 3.18. The Hall–Kier alpha value is -0.120. The quantitative estimate of drug-likeness (QED) is 0.693. The molecule has 2 atom stereocenters. The van der Waals surface area contributed by atoms with E-state index in [1.165, 1.54) is 38.5 Å². The summed E-state index contributed by atoms with van der Waals surface area (Å²) in [4.78, 5) is 0. The maximum Gasteiger partial charge on any atom is 0.0699 e. The third-order valence-electron chi connectivity index (χ3n) is 3.18. The number of hydrogen-bond donors (Lipinski definition) is 1. The molecule has 2 unspecified atom stereocenters. The fourth-order valence-electron chi connectivity index (χ4n) is 2.16. The molecule has 1 aliphatic heterocycles. The van der Waals surface area contributed by atoms with E-state index in [0.717, 1.165) is 19.8 Å². The van der Waals surface area contributed by atoms with Crippen molar-refractivity contribution in [2.24, 2.45) is 0 Å². The zero-order chi connectivity index (χ0) is 11.6. The molecule has 0 spiro atoms. The molecular weight excluding hydrogens is 202 g/mol. The molecule has 3 nitrogen and oxygen atoms in total. The lowest BCUT2D eigenvalue weighted by Gasteiger charge is -2.25. The Labute approximate surface area is 99.9 Å². The fourth-order valence-corrected chi connectivity index (χ4v) is 2.16.